The fraction of sp³-hybridized carbons (Fsp3) is 0.375. The Hall–Kier alpha value is -3.19. The normalized spacial score (nSPS) is 16.8. The molecule has 2 aromatic carbocycles. The molecule has 0 bridgehead atoms. The topological polar surface area (TPSA) is 80.5 Å². The Bertz CT molecular complexity index is 1020. The van der Waals surface area contributed by atoms with Crippen molar-refractivity contribution in [2.75, 3.05) is 20.2 Å². The van der Waals surface area contributed by atoms with Gasteiger partial charge in [-0.05, 0) is 44.5 Å². The molecule has 0 saturated carbocycles. The Morgan fingerprint density at radius 1 is 1.23 bits per heavy atom. The molecule has 0 spiro atoms. The average Bonchev–Trinajstić information content (AvgIpc) is 3.26. The molecule has 31 heavy (non-hydrogen) atoms. The number of aryl methyl sites for hydroxylation is 1. The number of methoxy groups -OCH3 is 1. The van der Waals surface area contributed by atoms with Crippen LogP contribution in [-0.2, 0) is 17.9 Å². The standard InChI is InChI=1S/C24H28N4O3/c1-17-9-11-18(12-10-17)24-26-22(27-31-24)16-28-13-5-7-20(15-28)23(29)25-14-19-6-3-4-8-21(19)30-2/h3-4,6,8-12,20H,5,7,13-16H2,1-2H3,(H,25,29)/t20-/m0/s1. The number of piperidine rings is 1. The van der Waals surface area contributed by atoms with E-state index in [1.54, 1.807) is 7.11 Å². The summed E-state index contributed by atoms with van der Waals surface area (Å²) in [6.45, 7) is 4.69. The van der Waals surface area contributed by atoms with Crippen molar-refractivity contribution < 1.29 is 14.1 Å². The van der Waals surface area contributed by atoms with E-state index < -0.39 is 0 Å². The molecule has 0 aliphatic carbocycles. The number of carbonyl (C=O) groups excluding carboxylic acids is 1. The third-order valence-electron chi connectivity index (χ3n) is 5.65. The molecule has 1 fully saturated rings. The van der Waals surface area contributed by atoms with Gasteiger partial charge in [0.2, 0.25) is 5.91 Å². The molecular formula is C24H28N4O3. The zero-order valence-electron chi connectivity index (χ0n) is 18.0. The van der Waals surface area contributed by atoms with Gasteiger partial charge in [-0.15, -0.1) is 0 Å². The first-order chi connectivity index (χ1) is 15.1. The number of hydrogen-bond donors (Lipinski definition) is 1. The Kier molecular flexibility index (Phi) is 6.62. The lowest BCUT2D eigenvalue weighted by molar-refractivity contribution is -0.127. The van der Waals surface area contributed by atoms with Gasteiger partial charge in [0.15, 0.2) is 5.82 Å². The first-order valence-corrected chi connectivity index (χ1v) is 10.6. The largest absolute Gasteiger partial charge is 0.496 e. The number of carbonyl (C=O) groups is 1. The predicted molar refractivity (Wildman–Crippen MR) is 117 cm³/mol. The fourth-order valence-electron chi connectivity index (χ4n) is 3.92. The monoisotopic (exact) mass is 420 g/mol. The highest BCUT2D eigenvalue weighted by Crippen LogP contribution is 2.22. The predicted octanol–water partition coefficient (Wildman–Crippen LogP) is 3.58. The molecule has 7 heteroatoms. The lowest BCUT2D eigenvalue weighted by atomic mass is 9.97. The van der Waals surface area contributed by atoms with Crippen molar-refractivity contribution in [2.24, 2.45) is 5.92 Å². The number of likely N-dealkylation sites (tertiary alicyclic amines) is 1. The number of para-hydroxylation sites is 1. The summed E-state index contributed by atoms with van der Waals surface area (Å²) in [5, 5.41) is 7.19. The van der Waals surface area contributed by atoms with Crippen LogP contribution in [0.1, 0.15) is 29.8 Å². The molecule has 3 aromatic rings. The van der Waals surface area contributed by atoms with Gasteiger partial charge in [-0.3, -0.25) is 9.69 Å². The minimum Gasteiger partial charge on any atom is -0.496 e. The lowest BCUT2D eigenvalue weighted by Crippen LogP contribution is -2.42. The Morgan fingerprint density at radius 3 is 2.84 bits per heavy atom. The summed E-state index contributed by atoms with van der Waals surface area (Å²) in [6.07, 6.45) is 1.85. The molecule has 1 aliphatic rings. The molecule has 1 atom stereocenters. The summed E-state index contributed by atoms with van der Waals surface area (Å²) >= 11 is 0. The van der Waals surface area contributed by atoms with Gasteiger partial charge in [-0.2, -0.15) is 4.98 Å². The summed E-state index contributed by atoms with van der Waals surface area (Å²) in [5.74, 6) is 1.98. The van der Waals surface area contributed by atoms with Gasteiger partial charge in [-0.1, -0.05) is 41.1 Å². The second kappa shape index (κ2) is 9.75. The number of benzene rings is 2. The van der Waals surface area contributed by atoms with Crippen LogP contribution in [0.2, 0.25) is 0 Å². The van der Waals surface area contributed by atoms with E-state index in [0.29, 0.717) is 31.3 Å². The molecule has 1 amide bonds. The van der Waals surface area contributed by atoms with Gasteiger partial charge in [0.25, 0.3) is 5.89 Å². The van der Waals surface area contributed by atoms with Gasteiger partial charge in [0.05, 0.1) is 19.6 Å². The second-order valence-corrected chi connectivity index (χ2v) is 7.99. The first-order valence-electron chi connectivity index (χ1n) is 10.6. The molecule has 7 nitrogen and oxygen atoms in total. The van der Waals surface area contributed by atoms with Crippen LogP contribution in [0.15, 0.2) is 53.1 Å². The first kappa shape index (κ1) is 21.1. The molecule has 0 unspecified atom stereocenters. The fourth-order valence-corrected chi connectivity index (χ4v) is 3.92. The van der Waals surface area contributed by atoms with Crippen LogP contribution < -0.4 is 10.1 Å². The second-order valence-electron chi connectivity index (χ2n) is 7.99. The number of hydrogen-bond acceptors (Lipinski definition) is 6. The maximum atomic E-state index is 12.8. The average molecular weight is 421 g/mol. The van der Waals surface area contributed by atoms with E-state index in [2.05, 4.69) is 20.4 Å². The van der Waals surface area contributed by atoms with E-state index in [9.17, 15) is 4.79 Å². The van der Waals surface area contributed by atoms with Crippen molar-refractivity contribution in [1.29, 1.82) is 0 Å². The smallest absolute Gasteiger partial charge is 0.257 e. The minimum absolute atomic E-state index is 0.0491. The van der Waals surface area contributed by atoms with E-state index in [4.69, 9.17) is 9.26 Å². The van der Waals surface area contributed by atoms with Crippen molar-refractivity contribution in [1.82, 2.24) is 20.4 Å². The summed E-state index contributed by atoms with van der Waals surface area (Å²) in [6, 6.07) is 15.8. The minimum atomic E-state index is -0.0491. The molecule has 2 heterocycles. The highest BCUT2D eigenvalue weighted by atomic mass is 16.5. The molecule has 0 radical (unpaired) electrons. The van der Waals surface area contributed by atoms with Gasteiger partial charge in [-0.25, -0.2) is 0 Å². The van der Waals surface area contributed by atoms with Crippen LogP contribution in [0.4, 0.5) is 0 Å². The molecule has 1 saturated heterocycles. The van der Waals surface area contributed by atoms with Crippen LogP contribution in [0.25, 0.3) is 11.5 Å². The molecular weight excluding hydrogens is 392 g/mol. The summed E-state index contributed by atoms with van der Waals surface area (Å²) < 4.78 is 10.8. The van der Waals surface area contributed by atoms with E-state index in [1.807, 2.05) is 55.5 Å². The van der Waals surface area contributed by atoms with Crippen LogP contribution in [0, 0.1) is 12.8 Å². The zero-order chi connectivity index (χ0) is 21.6. The van der Waals surface area contributed by atoms with Crippen molar-refractivity contribution >= 4 is 5.91 Å². The number of nitrogens with zero attached hydrogens (tertiary/aromatic N) is 3. The van der Waals surface area contributed by atoms with Crippen molar-refractivity contribution in [3.63, 3.8) is 0 Å². The summed E-state index contributed by atoms with van der Waals surface area (Å²) in [5.41, 5.74) is 3.07. The van der Waals surface area contributed by atoms with Gasteiger partial charge in [0.1, 0.15) is 5.75 Å². The maximum absolute atomic E-state index is 12.8. The molecule has 1 N–H and O–H groups in total. The summed E-state index contributed by atoms with van der Waals surface area (Å²) in [4.78, 5) is 19.5. The van der Waals surface area contributed by atoms with Gasteiger partial charge in [0, 0.05) is 24.2 Å². The molecule has 4 rings (SSSR count). The van der Waals surface area contributed by atoms with Gasteiger partial charge >= 0.3 is 0 Å². The maximum Gasteiger partial charge on any atom is 0.257 e. The number of amides is 1. The van der Waals surface area contributed by atoms with Crippen molar-refractivity contribution in [2.45, 2.75) is 32.9 Å². The zero-order valence-corrected chi connectivity index (χ0v) is 18.0. The van der Waals surface area contributed by atoms with Crippen LogP contribution in [-0.4, -0.2) is 41.1 Å². The molecule has 162 valence electrons. The number of ether oxygens (including phenoxy) is 1. The van der Waals surface area contributed by atoms with Crippen molar-refractivity contribution in [3.05, 3.63) is 65.5 Å². The SMILES string of the molecule is COc1ccccc1CNC(=O)[C@H]1CCCN(Cc2noc(-c3ccc(C)cc3)n2)C1. The van der Waals surface area contributed by atoms with Crippen LogP contribution in [0.5, 0.6) is 5.75 Å². The quantitative estimate of drug-likeness (QED) is 0.629. The Morgan fingerprint density at radius 2 is 2.03 bits per heavy atom. The van der Waals surface area contributed by atoms with Crippen LogP contribution in [0.3, 0.4) is 0 Å². The Balaban J connectivity index is 1.32. The molecule has 1 aromatic heterocycles. The number of nitrogens with one attached hydrogen (secondary N) is 1. The van der Waals surface area contributed by atoms with E-state index >= 15 is 0 Å². The van der Waals surface area contributed by atoms with Gasteiger partial charge < -0.3 is 14.6 Å². The highest BCUT2D eigenvalue weighted by Gasteiger charge is 2.26. The summed E-state index contributed by atoms with van der Waals surface area (Å²) in [7, 11) is 1.64. The van der Waals surface area contributed by atoms with E-state index in [0.717, 1.165) is 36.3 Å². The highest BCUT2D eigenvalue weighted by molar-refractivity contribution is 5.79. The molecule has 1 aliphatic heterocycles. The number of aromatic nitrogens is 2. The van der Waals surface area contributed by atoms with Crippen molar-refractivity contribution in [3.8, 4) is 17.2 Å². The van der Waals surface area contributed by atoms with E-state index in [-0.39, 0.29) is 11.8 Å². The Labute approximate surface area is 182 Å². The third kappa shape index (κ3) is 5.30. The number of rotatable bonds is 7. The van der Waals surface area contributed by atoms with Crippen LogP contribution >= 0.6 is 0 Å². The van der Waals surface area contributed by atoms with E-state index in [1.165, 1.54) is 5.56 Å². The lowest BCUT2D eigenvalue weighted by Gasteiger charge is -2.31. The third-order valence-corrected chi connectivity index (χ3v) is 5.65.